The average Bonchev–Trinajstić information content (AvgIpc) is 2.35. The highest BCUT2D eigenvalue weighted by Crippen LogP contribution is 2.21. The lowest BCUT2D eigenvalue weighted by molar-refractivity contribution is 0.637. The first-order chi connectivity index (χ1) is 5.29. The van der Waals surface area contributed by atoms with E-state index in [2.05, 4.69) is 9.97 Å². The number of aromatic nitrogens is 2. The predicted octanol–water partition coefficient (Wildman–Crippen LogP) is 2.36. The van der Waals surface area contributed by atoms with E-state index in [0.717, 1.165) is 0 Å². The van der Waals surface area contributed by atoms with Gasteiger partial charge in [-0.1, -0.05) is 11.6 Å². The molecule has 2 nitrogen and oxygen atoms in total. The Kier molecular flexibility index (Phi) is 1.32. The molecule has 0 aliphatic heterocycles. The Morgan fingerprint density at radius 3 is 3.09 bits per heavy atom. The number of rotatable bonds is 0. The summed E-state index contributed by atoms with van der Waals surface area (Å²) in [5.41, 5.74) is 0.837. The number of nitrogens with one attached hydrogen (secondary N) is 1. The van der Waals surface area contributed by atoms with Crippen molar-refractivity contribution in [2.45, 2.75) is 0 Å². The molecule has 0 aliphatic rings. The van der Waals surface area contributed by atoms with Crippen molar-refractivity contribution in [1.29, 1.82) is 0 Å². The van der Waals surface area contributed by atoms with Crippen LogP contribution < -0.4 is 0 Å². The average molecular weight is 171 g/mol. The molecule has 2 aromatic rings. The minimum Gasteiger partial charge on any atom is -0.356 e. The summed E-state index contributed by atoms with van der Waals surface area (Å²) in [7, 11) is 0. The first kappa shape index (κ1) is 6.61. The number of halogens is 2. The Morgan fingerprint density at radius 1 is 1.55 bits per heavy atom. The minimum absolute atomic E-state index is 0.289. The zero-order valence-corrected chi connectivity index (χ0v) is 6.19. The molecule has 56 valence electrons. The first-order valence-electron chi connectivity index (χ1n) is 3.06. The summed E-state index contributed by atoms with van der Waals surface area (Å²) >= 11 is 5.73. The second-order valence-corrected chi connectivity index (χ2v) is 2.56. The summed E-state index contributed by atoms with van der Waals surface area (Å²) in [6.45, 7) is 0. The molecule has 0 aromatic carbocycles. The summed E-state index contributed by atoms with van der Waals surface area (Å²) in [6, 6.07) is 1.61. The third-order valence-electron chi connectivity index (χ3n) is 1.47. The number of pyridine rings is 1. The van der Waals surface area contributed by atoms with Crippen molar-refractivity contribution in [2.24, 2.45) is 0 Å². The van der Waals surface area contributed by atoms with Crippen molar-refractivity contribution in [1.82, 2.24) is 9.97 Å². The topological polar surface area (TPSA) is 28.7 Å². The fraction of sp³-hybridized carbons (Fsp3) is 0. The molecule has 0 radical (unpaired) electrons. The summed E-state index contributed by atoms with van der Waals surface area (Å²) < 4.78 is 12.8. The van der Waals surface area contributed by atoms with Gasteiger partial charge in [0, 0.05) is 12.4 Å². The molecule has 0 fully saturated rings. The van der Waals surface area contributed by atoms with Gasteiger partial charge in [-0.15, -0.1) is 0 Å². The molecule has 0 amide bonds. The normalized spacial score (nSPS) is 10.7. The van der Waals surface area contributed by atoms with Gasteiger partial charge in [0.05, 0.1) is 10.5 Å². The summed E-state index contributed by atoms with van der Waals surface area (Å²) in [5.74, 6) is -0.373. The Hall–Kier alpha value is -1.09. The largest absolute Gasteiger partial charge is 0.356 e. The zero-order chi connectivity index (χ0) is 7.84. The Labute approximate surface area is 67.0 Å². The molecule has 0 spiro atoms. The SMILES string of the molecule is Fc1c[nH]c2c(Cl)ccnc12. The molecule has 2 aromatic heterocycles. The smallest absolute Gasteiger partial charge is 0.166 e. The summed E-state index contributed by atoms with van der Waals surface area (Å²) in [4.78, 5) is 6.50. The second kappa shape index (κ2) is 2.20. The van der Waals surface area contributed by atoms with Crippen LogP contribution in [-0.4, -0.2) is 9.97 Å². The molecule has 0 saturated carbocycles. The monoisotopic (exact) mass is 170 g/mol. The van der Waals surface area contributed by atoms with Crippen LogP contribution in [0.4, 0.5) is 4.39 Å². The Bertz CT molecular complexity index is 396. The lowest BCUT2D eigenvalue weighted by Crippen LogP contribution is -1.76. The molecule has 4 heteroatoms. The van der Waals surface area contributed by atoms with Gasteiger partial charge in [-0.05, 0) is 6.07 Å². The van der Waals surface area contributed by atoms with Crippen LogP contribution in [0.2, 0.25) is 5.02 Å². The van der Waals surface area contributed by atoms with Crippen LogP contribution in [0.25, 0.3) is 11.0 Å². The van der Waals surface area contributed by atoms with Crippen LogP contribution in [0.1, 0.15) is 0 Å². The van der Waals surface area contributed by atoms with Gasteiger partial charge >= 0.3 is 0 Å². The number of hydrogen-bond acceptors (Lipinski definition) is 1. The van der Waals surface area contributed by atoms with E-state index in [1.54, 1.807) is 6.07 Å². The molecule has 1 N–H and O–H groups in total. The van der Waals surface area contributed by atoms with E-state index in [1.807, 2.05) is 0 Å². The van der Waals surface area contributed by atoms with Gasteiger partial charge in [-0.2, -0.15) is 0 Å². The van der Waals surface area contributed by atoms with Crippen molar-refractivity contribution >= 4 is 22.6 Å². The number of hydrogen-bond donors (Lipinski definition) is 1. The Balaban J connectivity index is 2.94. The highest BCUT2D eigenvalue weighted by Gasteiger charge is 2.05. The first-order valence-corrected chi connectivity index (χ1v) is 3.44. The minimum atomic E-state index is -0.373. The molecule has 0 bridgehead atoms. The Morgan fingerprint density at radius 2 is 2.36 bits per heavy atom. The molecule has 0 saturated heterocycles. The quantitative estimate of drug-likeness (QED) is 0.646. The van der Waals surface area contributed by atoms with Gasteiger partial charge in [0.1, 0.15) is 5.52 Å². The highest BCUT2D eigenvalue weighted by molar-refractivity contribution is 6.34. The van der Waals surface area contributed by atoms with E-state index in [4.69, 9.17) is 11.6 Å². The number of H-pyrrole nitrogens is 1. The maximum atomic E-state index is 12.8. The molecule has 0 unspecified atom stereocenters. The van der Waals surface area contributed by atoms with Gasteiger partial charge in [0.2, 0.25) is 0 Å². The van der Waals surface area contributed by atoms with Crippen molar-refractivity contribution in [3.8, 4) is 0 Å². The van der Waals surface area contributed by atoms with Crippen molar-refractivity contribution < 1.29 is 4.39 Å². The van der Waals surface area contributed by atoms with E-state index in [9.17, 15) is 4.39 Å². The van der Waals surface area contributed by atoms with E-state index < -0.39 is 0 Å². The van der Waals surface area contributed by atoms with E-state index in [-0.39, 0.29) is 11.3 Å². The summed E-state index contributed by atoms with van der Waals surface area (Å²) in [5, 5.41) is 0.485. The van der Waals surface area contributed by atoms with Crippen molar-refractivity contribution in [3.63, 3.8) is 0 Å². The predicted molar refractivity (Wildman–Crippen MR) is 41.1 cm³/mol. The molecule has 2 heterocycles. The van der Waals surface area contributed by atoms with E-state index >= 15 is 0 Å². The van der Waals surface area contributed by atoms with Crippen LogP contribution in [0.15, 0.2) is 18.5 Å². The van der Waals surface area contributed by atoms with Crippen LogP contribution in [-0.2, 0) is 0 Å². The van der Waals surface area contributed by atoms with Gasteiger partial charge in [-0.25, -0.2) is 4.39 Å². The fourth-order valence-electron chi connectivity index (χ4n) is 0.961. The summed E-state index contributed by atoms with van der Waals surface area (Å²) in [6.07, 6.45) is 2.71. The third kappa shape index (κ3) is 0.886. The maximum Gasteiger partial charge on any atom is 0.166 e. The van der Waals surface area contributed by atoms with E-state index in [1.165, 1.54) is 12.4 Å². The standard InChI is InChI=1S/C7H4ClFN2/c8-4-1-2-10-7-5(9)3-11-6(4)7/h1-3,11H. The number of nitrogens with zero attached hydrogens (tertiary/aromatic N) is 1. The van der Waals surface area contributed by atoms with Crippen LogP contribution in [0, 0.1) is 5.82 Å². The molecule has 0 atom stereocenters. The second-order valence-electron chi connectivity index (χ2n) is 2.15. The van der Waals surface area contributed by atoms with Crippen molar-refractivity contribution in [2.75, 3.05) is 0 Å². The van der Waals surface area contributed by atoms with Gasteiger partial charge < -0.3 is 4.98 Å². The third-order valence-corrected chi connectivity index (χ3v) is 1.78. The van der Waals surface area contributed by atoms with E-state index in [0.29, 0.717) is 10.5 Å². The molecular formula is C7H4ClFN2. The van der Waals surface area contributed by atoms with Crippen LogP contribution in [0.3, 0.4) is 0 Å². The van der Waals surface area contributed by atoms with Gasteiger partial charge in [0.25, 0.3) is 0 Å². The maximum absolute atomic E-state index is 12.8. The molecule has 0 aliphatic carbocycles. The van der Waals surface area contributed by atoms with Crippen LogP contribution >= 0.6 is 11.6 Å². The van der Waals surface area contributed by atoms with Crippen molar-refractivity contribution in [3.05, 3.63) is 29.3 Å². The lowest BCUT2D eigenvalue weighted by Gasteiger charge is -1.90. The number of aromatic amines is 1. The number of fused-ring (bicyclic) bond motifs is 1. The molecular weight excluding hydrogens is 167 g/mol. The lowest BCUT2D eigenvalue weighted by atomic mass is 10.4. The zero-order valence-electron chi connectivity index (χ0n) is 5.44. The van der Waals surface area contributed by atoms with Gasteiger partial charge in [0.15, 0.2) is 5.82 Å². The fourth-order valence-corrected chi connectivity index (χ4v) is 1.16. The molecule has 11 heavy (non-hydrogen) atoms. The highest BCUT2D eigenvalue weighted by atomic mass is 35.5. The van der Waals surface area contributed by atoms with Crippen LogP contribution in [0.5, 0.6) is 0 Å². The molecule has 2 rings (SSSR count). The van der Waals surface area contributed by atoms with Gasteiger partial charge in [-0.3, -0.25) is 4.98 Å².